The van der Waals surface area contributed by atoms with Crippen molar-refractivity contribution in [3.8, 4) is 11.5 Å². The second kappa shape index (κ2) is 15.4. The van der Waals surface area contributed by atoms with Gasteiger partial charge in [-0.15, -0.1) is 0 Å². The van der Waals surface area contributed by atoms with Crippen LogP contribution in [0.2, 0.25) is 0 Å². The Labute approximate surface area is 286 Å². The Bertz CT molecular complexity index is 1810. The minimum absolute atomic E-state index is 0.135. The third kappa shape index (κ3) is 7.63. The molecule has 1 aliphatic heterocycles. The summed E-state index contributed by atoms with van der Waals surface area (Å²) in [5.74, 6) is 1.02. The number of ether oxygens (including phenoxy) is 3. The summed E-state index contributed by atoms with van der Waals surface area (Å²) in [4.78, 5) is 40.4. The lowest BCUT2D eigenvalue weighted by Crippen LogP contribution is -2.47. The Hall–Kier alpha value is -5.14. The van der Waals surface area contributed by atoms with Crippen molar-refractivity contribution in [1.82, 2.24) is 19.4 Å². The number of benzene rings is 2. The fraction of sp³-hybridized carbons (Fsp3) is 0.389. The second-order valence-electron chi connectivity index (χ2n) is 12.2. The fourth-order valence-electron chi connectivity index (χ4n) is 6.61. The fourth-order valence-corrected chi connectivity index (χ4v) is 6.61. The van der Waals surface area contributed by atoms with Crippen molar-refractivity contribution in [2.75, 3.05) is 81.5 Å². The Morgan fingerprint density at radius 2 is 1.78 bits per heavy atom. The third-order valence-electron chi connectivity index (χ3n) is 9.16. The van der Waals surface area contributed by atoms with Crippen molar-refractivity contribution in [3.63, 3.8) is 0 Å². The lowest BCUT2D eigenvalue weighted by molar-refractivity contribution is -0.111. The molecule has 1 saturated carbocycles. The highest BCUT2D eigenvalue weighted by molar-refractivity contribution is 6.06. The SMILES string of the molecule is C=CC(=O)Nc1cc(Nc2ncc3cc(C(=O)Nc4cccc(OC)c4)n(C4CCCC4)c3n2)c(OC)cc1N1CCN(CCOC)CC1. The largest absolute Gasteiger partial charge is 0.497 e. The number of nitrogens with one attached hydrogen (secondary N) is 3. The summed E-state index contributed by atoms with van der Waals surface area (Å²) in [5.41, 5.74) is 3.88. The Kier molecular flexibility index (Phi) is 10.6. The van der Waals surface area contributed by atoms with Gasteiger partial charge < -0.3 is 39.6 Å². The Balaban J connectivity index is 1.32. The van der Waals surface area contributed by atoms with Gasteiger partial charge in [-0.3, -0.25) is 14.5 Å². The van der Waals surface area contributed by atoms with Crippen LogP contribution in [0.5, 0.6) is 11.5 Å². The van der Waals surface area contributed by atoms with Crippen molar-refractivity contribution in [2.24, 2.45) is 0 Å². The molecule has 0 unspecified atom stereocenters. The van der Waals surface area contributed by atoms with Gasteiger partial charge in [0, 0.05) is 75.3 Å². The third-order valence-corrected chi connectivity index (χ3v) is 9.16. The summed E-state index contributed by atoms with van der Waals surface area (Å²) >= 11 is 0. The van der Waals surface area contributed by atoms with E-state index in [2.05, 4.69) is 37.3 Å². The number of hydrogen-bond donors (Lipinski definition) is 3. The van der Waals surface area contributed by atoms with E-state index in [1.165, 1.54) is 6.08 Å². The van der Waals surface area contributed by atoms with E-state index < -0.39 is 0 Å². The first-order chi connectivity index (χ1) is 23.9. The van der Waals surface area contributed by atoms with Crippen molar-refractivity contribution in [1.29, 1.82) is 0 Å². The molecule has 2 aromatic heterocycles. The standard InChI is InChI=1S/C36H44N8O5/c1-5-33(45)39-28-21-29(32(49-4)22-30(28)43-15-13-42(14-16-43)17-18-47-2)40-36-37-23-24-19-31(44(34(24)41-36)26-10-6-7-11-26)35(46)38-25-9-8-12-27(20-25)48-3/h5,8-9,12,19-23,26H,1,6-7,10-11,13-18H2,2-4H3,(H,38,46)(H,39,45)(H,37,40,41). The molecule has 6 rings (SSSR count). The summed E-state index contributed by atoms with van der Waals surface area (Å²) in [6.07, 6.45) is 7.06. The summed E-state index contributed by atoms with van der Waals surface area (Å²) in [7, 11) is 4.92. The molecule has 3 heterocycles. The molecular weight excluding hydrogens is 624 g/mol. The van der Waals surface area contributed by atoms with Crippen molar-refractivity contribution < 1.29 is 23.8 Å². The smallest absolute Gasteiger partial charge is 0.272 e. The Morgan fingerprint density at radius 1 is 0.980 bits per heavy atom. The van der Waals surface area contributed by atoms with E-state index in [1.807, 2.05) is 41.0 Å². The van der Waals surface area contributed by atoms with Gasteiger partial charge in [0.25, 0.3) is 5.91 Å². The zero-order valence-electron chi connectivity index (χ0n) is 28.3. The zero-order valence-corrected chi connectivity index (χ0v) is 28.3. The number of nitrogens with zero attached hydrogens (tertiary/aromatic N) is 5. The topological polar surface area (TPSA) is 135 Å². The highest BCUT2D eigenvalue weighted by Crippen LogP contribution is 2.39. The number of anilines is 5. The average Bonchev–Trinajstić information content (AvgIpc) is 3.79. The van der Waals surface area contributed by atoms with Gasteiger partial charge in [-0.05, 0) is 43.2 Å². The molecule has 0 spiro atoms. The van der Waals surface area contributed by atoms with Crippen LogP contribution >= 0.6 is 0 Å². The zero-order chi connectivity index (χ0) is 34.3. The van der Waals surface area contributed by atoms with E-state index in [0.717, 1.165) is 69.5 Å². The highest BCUT2D eigenvalue weighted by atomic mass is 16.5. The van der Waals surface area contributed by atoms with E-state index >= 15 is 0 Å². The minimum Gasteiger partial charge on any atom is -0.497 e. The van der Waals surface area contributed by atoms with Crippen molar-refractivity contribution in [3.05, 3.63) is 67.0 Å². The number of rotatable bonds is 13. The van der Waals surface area contributed by atoms with Gasteiger partial charge in [-0.25, -0.2) is 4.98 Å². The van der Waals surface area contributed by atoms with Crippen LogP contribution in [0.1, 0.15) is 42.2 Å². The molecule has 0 bridgehead atoms. The van der Waals surface area contributed by atoms with E-state index in [4.69, 9.17) is 19.2 Å². The Morgan fingerprint density at radius 3 is 2.49 bits per heavy atom. The van der Waals surface area contributed by atoms with Gasteiger partial charge >= 0.3 is 0 Å². The molecule has 0 atom stereocenters. The molecule has 3 N–H and O–H groups in total. The highest BCUT2D eigenvalue weighted by Gasteiger charge is 2.27. The number of aromatic nitrogens is 3. The van der Waals surface area contributed by atoms with Crippen LogP contribution in [0.15, 0.2) is 61.3 Å². The maximum Gasteiger partial charge on any atom is 0.272 e. The van der Waals surface area contributed by atoms with Crippen LogP contribution < -0.4 is 30.3 Å². The molecule has 1 aliphatic carbocycles. The van der Waals surface area contributed by atoms with Crippen LogP contribution in [-0.4, -0.2) is 91.9 Å². The summed E-state index contributed by atoms with van der Waals surface area (Å²) in [5, 5.41) is 10.1. The molecule has 49 heavy (non-hydrogen) atoms. The molecule has 0 radical (unpaired) electrons. The van der Waals surface area contributed by atoms with Crippen molar-refractivity contribution in [2.45, 2.75) is 31.7 Å². The predicted octanol–water partition coefficient (Wildman–Crippen LogP) is 5.45. The first-order valence-electron chi connectivity index (χ1n) is 16.6. The number of fused-ring (bicyclic) bond motifs is 1. The number of carbonyl (C=O) groups is 2. The van der Waals surface area contributed by atoms with Crippen LogP contribution in [-0.2, 0) is 9.53 Å². The lowest BCUT2D eigenvalue weighted by Gasteiger charge is -2.37. The molecule has 2 fully saturated rings. The van der Waals surface area contributed by atoms with E-state index in [1.54, 1.807) is 33.6 Å². The van der Waals surface area contributed by atoms with Gasteiger partial charge in [0.15, 0.2) is 0 Å². The maximum atomic E-state index is 13.7. The van der Waals surface area contributed by atoms with Gasteiger partial charge in [0.1, 0.15) is 22.8 Å². The van der Waals surface area contributed by atoms with Gasteiger partial charge in [-0.2, -0.15) is 4.98 Å². The van der Waals surface area contributed by atoms with E-state index in [0.29, 0.717) is 52.5 Å². The van der Waals surface area contributed by atoms with E-state index in [9.17, 15) is 9.59 Å². The number of methoxy groups -OCH3 is 3. The first kappa shape index (κ1) is 33.7. The average molecular weight is 669 g/mol. The summed E-state index contributed by atoms with van der Waals surface area (Å²) in [6.45, 7) is 8.50. The van der Waals surface area contributed by atoms with Crippen LogP contribution in [0.3, 0.4) is 0 Å². The van der Waals surface area contributed by atoms with Gasteiger partial charge in [-0.1, -0.05) is 25.5 Å². The van der Waals surface area contributed by atoms with Gasteiger partial charge in [0.05, 0.1) is 37.9 Å². The molecular formula is C36H44N8O5. The molecule has 2 aliphatic rings. The van der Waals surface area contributed by atoms with Crippen molar-refractivity contribution >= 4 is 51.5 Å². The first-order valence-corrected chi connectivity index (χ1v) is 16.6. The van der Waals surface area contributed by atoms with Crippen LogP contribution in [0, 0.1) is 0 Å². The molecule has 2 amide bonds. The number of piperazine rings is 1. The minimum atomic E-state index is -0.317. The van der Waals surface area contributed by atoms with Crippen LogP contribution in [0.4, 0.5) is 28.7 Å². The number of carbonyl (C=O) groups excluding carboxylic acids is 2. The molecule has 2 aromatic carbocycles. The lowest BCUT2D eigenvalue weighted by atomic mass is 10.1. The maximum absolute atomic E-state index is 13.7. The molecule has 4 aromatic rings. The van der Waals surface area contributed by atoms with E-state index in [-0.39, 0.29) is 17.9 Å². The molecule has 13 heteroatoms. The quantitative estimate of drug-likeness (QED) is 0.158. The summed E-state index contributed by atoms with van der Waals surface area (Å²) in [6, 6.07) is 13.0. The molecule has 13 nitrogen and oxygen atoms in total. The molecule has 258 valence electrons. The second-order valence-corrected chi connectivity index (χ2v) is 12.2. The number of hydrogen-bond acceptors (Lipinski definition) is 10. The monoisotopic (exact) mass is 668 g/mol. The van der Waals surface area contributed by atoms with Crippen LogP contribution in [0.25, 0.3) is 11.0 Å². The van der Waals surface area contributed by atoms with Gasteiger partial charge in [0.2, 0.25) is 11.9 Å². The number of amides is 2. The summed E-state index contributed by atoms with van der Waals surface area (Å²) < 4.78 is 18.5. The normalized spacial score (nSPS) is 15.3. The predicted molar refractivity (Wildman–Crippen MR) is 192 cm³/mol. The molecule has 1 saturated heterocycles.